The number of carbonyl (C=O) groups excluding carboxylic acids is 1. The van der Waals surface area contributed by atoms with Gasteiger partial charge in [0.2, 0.25) is 5.91 Å². The Morgan fingerprint density at radius 3 is 2.47 bits per heavy atom. The molecule has 0 fully saturated rings. The van der Waals surface area contributed by atoms with Gasteiger partial charge in [-0.25, -0.2) is 4.79 Å². The highest BCUT2D eigenvalue weighted by Crippen LogP contribution is 2.20. The minimum absolute atomic E-state index is 0.191. The normalized spacial score (nSPS) is 11.7. The minimum Gasteiger partial charge on any atom is -0.497 e. The number of aliphatic carboxylic acids is 1. The molecular formula is C13H17NO4S. The summed E-state index contributed by atoms with van der Waals surface area (Å²) in [4.78, 5) is 23.3. The maximum absolute atomic E-state index is 11.6. The number of thioether (sulfide) groups is 1. The van der Waals surface area contributed by atoms with Crippen LogP contribution in [0.3, 0.4) is 0 Å². The van der Waals surface area contributed by atoms with Crippen molar-refractivity contribution in [1.29, 1.82) is 0 Å². The summed E-state index contributed by atoms with van der Waals surface area (Å²) in [5, 5.41) is 11.3. The van der Waals surface area contributed by atoms with Crippen molar-refractivity contribution < 1.29 is 19.4 Å². The van der Waals surface area contributed by atoms with Gasteiger partial charge in [0, 0.05) is 4.90 Å². The van der Waals surface area contributed by atoms with Crippen LogP contribution in [0.2, 0.25) is 0 Å². The molecular weight excluding hydrogens is 266 g/mol. The van der Waals surface area contributed by atoms with Gasteiger partial charge in [0.15, 0.2) is 0 Å². The van der Waals surface area contributed by atoms with Gasteiger partial charge >= 0.3 is 5.97 Å². The zero-order valence-corrected chi connectivity index (χ0v) is 11.7. The number of carbonyl (C=O) groups is 2. The minimum atomic E-state index is -1.01. The van der Waals surface area contributed by atoms with E-state index in [4.69, 9.17) is 9.84 Å². The lowest BCUT2D eigenvalue weighted by atomic mass is 10.2. The molecule has 1 aromatic rings. The maximum Gasteiger partial charge on any atom is 0.326 e. The van der Waals surface area contributed by atoms with Crippen molar-refractivity contribution >= 4 is 23.6 Å². The maximum atomic E-state index is 11.6. The second-order valence-electron chi connectivity index (χ2n) is 3.83. The van der Waals surface area contributed by atoms with Crippen LogP contribution in [-0.2, 0) is 9.59 Å². The van der Waals surface area contributed by atoms with E-state index in [1.165, 1.54) is 11.8 Å². The summed E-state index contributed by atoms with van der Waals surface area (Å²) in [7, 11) is 1.59. The molecule has 104 valence electrons. The predicted molar refractivity (Wildman–Crippen MR) is 73.6 cm³/mol. The van der Waals surface area contributed by atoms with Gasteiger partial charge in [-0.15, -0.1) is 11.8 Å². The van der Waals surface area contributed by atoms with Gasteiger partial charge in [0.1, 0.15) is 11.8 Å². The van der Waals surface area contributed by atoms with Crippen LogP contribution in [0.25, 0.3) is 0 Å². The third kappa shape index (κ3) is 5.21. The fourth-order valence-corrected chi connectivity index (χ4v) is 2.10. The molecule has 0 spiro atoms. The fourth-order valence-electron chi connectivity index (χ4n) is 1.40. The number of benzene rings is 1. The standard InChI is InChI=1S/C13H17NO4S/c1-3-11(13(16)17)14-12(15)8-19-10-6-4-9(18-2)5-7-10/h4-7,11H,3,8H2,1-2H3,(H,14,15)(H,16,17). The van der Waals surface area contributed by atoms with E-state index < -0.39 is 12.0 Å². The summed E-state index contributed by atoms with van der Waals surface area (Å²) in [6, 6.07) is 6.51. The average molecular weight is 283 g/mol. The average Bonchev–Trinajstić information content (AvgIpc) is 2.42. The molecule has 0 aliphatic carbocycles. The second kappa shape index (κ2) is 7.68. The Morgan fingerprint density at radius 2 is 2.00 bits per heavy atom. The fraction of sp³-hybridized carbons (Fsp3) is 0.385. The summed E-state index contributed by atoms with van der Waals surface area (Å²) in [5.41, 5.74) is 0. The van der Waals surface area contributed by atoms with Crippen molar-refractivity contribution in [1.82, 2.24) is 5.32 Å². The molecule has 0 aliphatic heterocycles. The molecule has 19 heavy (non-hydrogen) atoms. The zero-order chi connectivity index (χ0) is 14.3. The van der Waals surface area contributed by atoms with Gasteiger partial charge in [-0.2, -0.15) is 0 Å². The van der Waals surface area contributed by atoms with Crippen molar-refractivity contribution in [3.63, 3.8) is 0 Å². The number of carboxylic acid groups (broad SMARTS) is 1. The molecule has 0 aromatic heterocycles. The molecule has 0 heterocycles. The summed E-state index contributed by atoms with van der Waals surface area (Å²) < 4.78 is 5.03. The number of amides is 1. The van der Waals surface area contributed by atoms with Gasteiger partial charge in [0.25, 0.3) is 0 Å². The highest BCUT2D eigenvalue weighted by Gasteiger charge is 2.17. The van der Waals surface area contributed by atoms with Gasteiger partial charge in [-0.1, -0.05) is 6.92 Å². The summed E-state index contributed by atoms with van der Waals surface area (Å²) >= 11 is 1.35. The van der Waals surface area contributed by atoms with Gasteiger partial charge in [-0.05, 0) is 30.7 Å². The molecule has 6 heteroatoms. The smallest absolute Gasteiger partial charge is 0.326 e. The Kier molecular flexibility index (Phi) is 6.21. The van der Waals surface area contributed by atoms with E-state index in [0.717, 1.165) is 10.6 Å². The van der Waals surface area contributed by atoms with E-state index in [1.807, 2.05) is 24.3 Å². The van der Waals surface area contributed by atoms with Crippen LogP contribution in [0.4, 0.5) is 0 Å². The van der Waals surface area contributed by atoms with Crippen molar-refractivity contribution in [2.24, 2.45) is 0 Å². The number of carboxylic acids is 1. The molecule has 1 rings (SSSR count). The first-order valence-corrected chi connectivity index (χ1v) is 6.84. The summed E-state index contributed by atoms with van der Waals surface area (Å²) in [6.07, 6.45) is 0.369. The van der Waals surface area contributed by atoms with Crippen LogP contribution >= 0.6 is 11.8 Å². The number of methoxy groups -OCH3 is 1. The first-order chi connectivity index (χ1) is 9.06. The van der Waals surface area contributed by atoms with Crippen LogP contribution in [0.5, 0.6) is 5.75 Å². The first-order valence-electron chi connectivity index (χ1n) is 5.85. The Bertz CT molecular complexity index is 433. The molecule has 0 radical (unpaired) electrons. The Hall–Kier alpha value is -1.69. The molecule has 0 aliphatic rings. The zero-order valence-electron chi connectivity index (χ0n) is 10.9. The summed E-state index contributed by atoms with van der Waals surface area (Å²) in [5.74, 6) is -0.345. The van der Waals surface area contributed by atoms with Gasteiger partial charge < -0.3 is 15.2 Å². The third-order valence-corrected chi connectivity index (χ3v) is 3.48. The van der Waals surface area contributed by atoms with E-state index in [2.05, 4.69) is 5.32 Å². The van der Waals surface area contributed by atoms with Crippen LogP contribution in [-0.4, -0.2) is 35.9 Å². The van der Waals surface area contributed by atoms with E-state index >= 15 is 0 Å². The quantitative estimate of drug-likeness (QED) is 0.746. The van der Waals surface area contributed by atoms with E-state index in [0.29, 0.717) is 6.42 Å². The van der Waals surface area contributed by atoms with Crippen molar-refractivity contribution in [2.75, 3.05) is 12.9 Å². The highest BCUT2D eigenvalue weighted by atomic mass is 32.2. The van der Waals surface area contributed by atoms with Gasteiger partial charge in [0.05, 0.1) is 12.9 Å². The van der Waals surface area contributed by atoms with Gasteiger partial charge in [-0.3, -0.25) is 4.79 Å². The molecule has 5 nitrogen and oxygen atoms in total. The monoisotopic (exact) mass is 283 g/mol. The lowest BCUT2D eigenvalue weighted by Gasteiger charge is -2.11. The van der Waals surface area contributed by atoms with E-state index in [9.17, 15) is 9.59 Å². The molecule has 0 saturated carbocycles. The molecule has 2 N–H and O–H groups in total. The third-order valence-electron chi connectivity index (χ3n) is 2.47. The Balaban J connectivity index is 2.42. The number of rotatable bonds is 7. The van der Waals surface area contributed by atoms with Crippen LogP contribution in [0.1, 0.15) is 13.3 Å². The number of hydrogen-bond acceptors (Lipinski definition) is 4. The molecule has 1 unspecified atom stereocenters. The van der Waals surface area contributed by atoms with Crippen molar-refractivity contribution in [2.45, 2.75) is 24.3 Å². The van der Waals surface area contributed by atoms with Crippen molar-refractivity contribution in [3.8, 4) is 5.75 Å². The Labute approximate surface area is 116 Å². The number of nitrogens with one attached hydrogen (secondary N) is 1. The molecule has 1 amide bonds. The summed E-state index contributed by atoms with van der Waals surface area (Å²) in [6.45, 7) is 1.72. The highest BCUT2D eigenvalue weighted by molar-refractivity contribution is 8.00. The lowest BCUT2D eigenvalue weighted by Crippen LogP contribution is -2.41. The number of ether oxygens (including phenoxy) is 1. The van der Waals surface area contributed by atoms with Crippen molar-refractivity contribution in [3.05, 3.63) is 24.3 Å². The SMILES string of the molecule is CCC(NC(=O)CSc1ccc(OC)cc1)C(=O)O. The number of hydrogen-bond donors (Lipinski definition) is 2. The second-order valence-corrected chi connectivity index (χ2v) is 4.88. The Morgan fingerprint density at radius 1 is 1.37 bits per heavy atom. The lowest BCUT2D eigenvalue weighted by molar-refractivity contribution is -0.141. The van der Waals surface area contributed by atoms with Crippen LogP contribution in [0, 0.1) is 0 Å². The van der Waals surface area contributed by atoms with Crippen LogP contribution in [0.15, 0.2) is 29.2 Å². The topological polar surface area (TPSA) is 75.6 Å². The van der Waals surface area contributed by atoms with E-state index in [1.54, 1.807) is 14.0 Å². The molecule has 0 bridgehead atoms. The molecule has 1 aromatic carbocycles. The molecule has 0 saturated heterocycles. The largest absolute Gasteiger partial charge is 0.497 e. The predicted octanol–water partition coefficient (Wildman–Crippen LogP) is 1.77. The first kappa shape index (κ1) is 15.4. The molecule has 1 atom stereocenters. The van der Waals surface area contributed by atoms with E-state index in [-0.39, 0.29) is 11.7 Å². The van der Waals surface area contributed by atoms with Crippen LogP contribution < -0.4 is 10.1 Å².